The van der Waals surface area contributed by atoms with E-state index in [9.17, 15) is 13.6 Å². The molecule has 28 heavy (non-hydrogen) atoms. The van der Waals surface area contributed by atoms with E-state index in [1.807, 2.05) is 0 Å². The molecule has 2 atom stereocenters. The van der Waals surface area contributed by atoms with Crippen LogP contribution in [0.5, 0.6) is 5.75 Å². The zero-order valence-corrected chi connectivity index (χ0v) is 15.3. The number of likely N-dealkylation sites (N-methyl/N-ethyl adjacent to an activating group) is 1. The third-order valence-electron chi connectivity index (χ3n) is 4.73. The summed E-state index contributed by atoms with van der Waals surface area (Å²) < 4.78 is 34.9. The molecule has 6 nitrogen and oxygen atoms in total. The molecule has 0 radical (unpaired) electrons. The minimum atomic E-state index is -2.91. The van der Waals surface area contributed by atoms with Crippen molar-refractivity contribution >= 4 is 11.9 Å². The van der Waals surface area contributed by atoms with Gasteiger partial charge in [-0.3, -0.25) is 9.69 Å². The number of hydrogen-bond donors (Lipinski definition) is 1. The molecule has 1 unspecified atom stereocenters. The van der Waals surface area contributed by atoms with Crippen molar-refractivity contribution in [2.75, 3.05) is 13.7 Å². The summed E-state index contributed by atoms with van der Waals surface area (Å²) in [5.41, 5.74) is 5.24. The molecule has 0 bridgehead atoms. The summed E-state index contributed by atoms with van der Waals surface area (Å²) in [4.78, 5) is 19.0. The number of amides is 1. The first-order valence-corrected chi connectivity index (χ1v) is 8.69. The van der Waals surface area contributed by atoms with Crippen molar-refractivity contribution in [1.29, 1.82) is 0 Å². The van der Waals surface area contributed by atoms with Crippen molar-refractivity contribution in [1.82, 2.24) is 4.90 Å². The maximum absolute atomic E-state index is 13.2. The summed E-state index contributed by atoms with van der Waals surface area (Å²) in [6.45, 7) is 1.02. The van der Waals surface area contributed by atoms with Crippen LogP contribution in [0.1, 0.15) is 12.0 Å². The molecule has 1 amide bonds. The number of carbonyl (C=O) groups is 1. The quantitative estimate of drug-likeness (QED) is 0.728. The fraction of sp³-hybridized carbons (Fsp3) is 0.300. The van der Waals surface area contributed by atoms with Crippen LogP contribution < -0.4 is 10.5 Å². The third kappa shape index (κ3) is 3.49. The summed E-state index contributed by atoms with van der Waals surface area (Å²) in [7, 11) is 1.55. The Balaban J connectivity index is 2.00. The van der Waals surface area contributed by atoms with Gasteiger partial charge in [0, 0.05) is 13.0 Å². The Morgan fingerprint density at radius 2 is 2.29 bits per heavy atom. The monoisotopic (exact) mass is 389 g/mol. The topological polar surface area (TPSA) is 77.2 Å². The molecule has 1 aliphatic carbocycles. The van der Waals surface area contributed by atoms with Gasteiger partial charge < -0.3 is 15.2 Å². The highest BCUT2D eigenvalue weighted by Crippen LogP contribution is 2.44. The molecular formula is C20H21F2N3O3. The number of carbonyl (C=O) groups excluding carboxylic acids is 1. The first kappa shape index (κ1) is 19.6. The normalized spacial score (nSPS) is 24.2. The van der Waals surface area contributed by atoms with Gasteiger partial charge in [0.2, 0.25) is 0 Å². The number of alkyl halides is 2. The van der Waals surface area contributed by atoms with Crippen molar-refractivity contribution in [3.63, 3.8) is 0 Å². The lowest BCUT2D eigenvalue weighted by Gasteiger charge is -2.33. The Morgan fingerprint density at radius 1 is 1.50 bits per heavy atom. The van der Waals surface area contributed by atoms with E-state index in [4.69, 9.17) is 10.5 Å². The highest BCUT2D eigenvalue weighted by molar-refractivity contribution is 6.07. The highest BCUT2D eigenvalue weighted by atomic mass is 19.3. The average molecular weight is 389 g/mol. The maximum Gasteiger partial charge on any atom is 0.387 e. The van der Waals surface area contributed by atoms with Crippen LogP contribution in [-0.2, 0) is 15.1 Å². The molecule has 1 aliphatic heterocycles. The lowest BCUT2D eigenvalue weighted by Crippen LogP contribution is -2.44. The van der Waals surface area contributed by atoms with E-state index in [-0.39, 0.29) is 24.0 Å². The molecule has 3 rings (SSSR count). The van der Waals surface area contributed by atoms with Crippen LogP contribution in [0.4, 0.5) is 8.78 Å². The summed E-state index contributed by atoms with van der Waals surface area (Å²) >= 11 is 0. The number of ether oxygens (including phenoxy) is 2. The fourth-order valence-electron chi connectivity index (χ4n) is 3.39. The van der Waals surface area contributed by atoms with Crippen LogP contribution >= 0.6 is 0 Å². The van der Waals surface area contributed by atoms with Gasteiger partial charge in [-0.2, -0.15) is 8.78 Å². The molecule has 0 spiro atoms. The molecule has 0 saturated carbocycles. The van der Waals surface area contributed by atoms with Crippen LogP contribution in [0.2, 0.25) is 0 Å². The Labute approximate surface area is 161 Å². The smallest absolute Gasteiger partial charge is 0.387 e. The lowest BCUT2D eigenvalue weighted by atomic mass is 9.74. The van der Waals surface area contributed by atoms with E-state index in [1.54, 1.807) is 43.5 Å². The van der Waals surface area contributed by atoms with Crippen molar-refractivity contribution < 1.29 is 23.0 Å². The first-order chi connectivity index (χ1) is 13.4. The molecule has 0 saturated heterocycles. The Morgan fingerprint density at radius 3 is 2.86 bits per heavy atom. The molecule has 0 aromatic heterocycles. The third-order valence-corrected chi connectivity index (χ3v) is 4.73. The number of allylic oxidation sites excluding steroid dienone is 2. The molecule has 8 heteroatoms. The molecule has 1 aromatic rings. The van der Waals surface area contributed by atoms with Crippen molar-refractivity contribution in [2.45, 2.75) is 18.6 Å². The average Bonchev–Trinajstić information content (AvgIpc) is 2.92. The van der Waals surface area contributed by atoms with E-state index >= 15 is 0 Å². The van der Waals surface area contributed by atoms with Gasteiger partial charge in [-0.05, 0) is 36.3 Å². The number of guanidine groups is 1. The van der Waals surface area contributed by atoms with Gasteiger partial charge in [-0.1, -0.05) is 30.9 Å². The molecule has 1 aromatic carbocycles. The number of halogens is 2. The van der Waals surface area contributed by atoms with Crippen LogP contribution in [0, 0.1) is 5.92 Å². The number of hydrogen-bond acceptors (Lipinski definition) is 5. The largest absolute Gasteiger partial charge is 0.490 e. The predicted molar refractivity (Wildman–Crippen MR) is 101 cm³/mol. The number of rotatable bonds is 7. The number of nitrogens with two attached hydrogens (primary N) is 1. The van der Waals surface area contributed by atoms with Crippen molar-refractivity contribution in [3.8, 4) is 5.75 Å². The van der Waals surface area contributed by atoms with Gasteiger partial charge >= 0.3 is 6.61 Å². The van der Waals surface area contributed by atoms with Gasteiger partial charge in [0.15, 0.2) is 11.5 Å². The summed E-state index contributed by atoms with van der Waals surface area (Å²) in [5.74, 6) is -0.0186. The van der Waals surface area contributed by atoms with Gasteiger partial charge in [0.25, 0.3) is 5.91 Å². The number of nitrogens with zero attached hydrogens (tertiary/aromatic N) is 2. The Kier molecular flexibility index (Phi) is 5.48. The zero-order valence-electron chi connectivity index (χ0n) is 15.3. The van der Waals surface area contributed by atoms with Crippen LogP contribution in [-0.4, -0.2) is 37.0 Å². The van der Waals surface area contributed by atoms with Crippen molar-refractivity contribution in [3.05, 3.63) is 66.5 Å². The maximum atomic E-state index is 13.2. The highest BCUT2D eigenvalue weighted by Gasteiger charge is 2.52. The Bertz CT molecular complexity index is 866. The predicted octanol–water partition coefficient (Wildman–Crippen LogP) is 2.93. The van der Waals surface area contributed by atoms with E-state index in [0.29, 0.717) is 17.9 Å². The minimum absolute atomic E-state index is 0.0558. The molecular weight excluding hydrogens is 368 g/mol. The Hall–Kier alpha value is -3.16. The van der Waals surface area contributed by atoms with E-state index in [2.05, 4.69) is 16.3 Å². The second-order valence-electron chi connectivity index (χ2n) is 6.41. The SMILES string of the molecule is C=CCOc1cccc([C@@]2(C3C=CC(OC(F)F)=CC3)N=C(N)N(C)C2=O)c1. The molecule has 0 fully saturated rings. The van der Waals surface area contributed by atoms with Gasteiger partial charge in [0.05, 0.1) is 0 Å². The van der Waals surface area contributed by atoms with Crippen LogP contribution in [0.15, 0.2) is 65.9 Å². The lowest BCUT2D eigenvalue weighted by molar-refractivity contribution is -0.132. The summed E-state index contributed by atoms with van der Waals surface area (Å²) in [6, 6.07) is 7.04. The summed E-state index contributed by atoms with van der Waals surface area (Å²) in [6.07, 6.45) is 6.51. The molecule has 2 aliphatic rings. The van der Waals surface area contributed by atoms with Crippen LogP contribution in [0.3, 0.4) is 0 Å². The number of aliphatic imine (C=N–C) groups is 1. The number of benzene rings is 1. The molecule has 1 heterocycles. The first-order valence-electron chi connectivity index (χ1n) is 8.69. The second-order valence-corrected chi connectivity index (χ2v) is 6.41. The zero-order chi connectivity index (χ0) is 20.3. The summed E-state index contributed by atoms with van der Waals surface area (Å²) in [5, 5.41) is 0. The second kappa shape index (κ2) is 7.84. The van der Waals surface area contributed by atoms with Gasteiger partial charge in [-0.15, -0.1) is 0 Å². The van der Waals surface area contributed by atoms with Gasteiger partial charge in [0.1, 0.15) is 18.1 Å². The standard InChI is InChI=1S/C20H21F2N3O3/c1-3-11-27-16-6-4-5-14(12-16)20(17(26)25(2)19(23)24-20)13-7-9-15(10-8-13)28-18(21)22/h3-7,9-10,12-13,18H,1,8,11H2,2H3,(H2,23,24)/t13?,20-/m1/s1. The van der Waals surface area contributed by atoms with Crippen LogP contribution in [0.25, 0.3) is 0 Å². The molecule has 2 N–H and O–H groups in total. The fourth-order valence-corrected chi connectivity index (χ4v) is 3.39. The van der Waals surface area contributed by atoms with Crippen molar-refractivity contribution in [2.24, 2.45) is 16.6 Å². The minimum Gasteiger partial charge on any atom is -0.490 e. The van der Waals surface area contributed by atoms with E-state index in [0.717, 1.165) is 0 Å². The van der Waals surface area contributed by atoms with Gasteiger partial charge in [-0.25, -0.2) is 4.99 Å². The van der Waals surface area contributed by atoms with E-state index < -0.39 is 18.1 Å². The molecule has 148 valence electrons. The van der Waals surface area contributed by atoms with E-state index in [1.165, 1.54) is 17.1 Å².